The number of nitrogens with one attached hydrogen (secondary N) is 1. The molecular weight excluding hydrogens is 304 g/mol. The van der Waals surface area contributed by atoms with Gasteiger partial charge in [0, 0.05) is 26.2 Å². The van der Waals surface area contributed by atoms with Crippen molar-refractivity contribution in [3.05, 3.63) is 35.9 Å². The lowest BCUT2D eigenvalue weighted by atomic mass is 10.00. The van der Waals surface area contributed by atoms with Crippen LogP contribution in [-0.2, 0) is 4.79 Å². The average molecular weight is 330 g/mol. The maximum atomic E-state index is 13.1. The molecule has 2 aliphatic heterocycles. The van der Waals surface area contributed by atoms with E-state index in [0.29, 0.717) is 13.1 Å². The molecule has 0 radical (unpaired) electrons. The Bertz CT molecular complexity index is 590. The first-order valence-corrected chi connectivity index (χ1v) is 8.62. The average Bonchev–Trinajstić information content (AvgIpc) is 3.02. The van der Waals surface area contributed by atoms with Crippen molar-refractivity contribution in [2.45, 2.75) is 24.9 Å². The van der Waals surface area contributed by atoms with Crippen LogP contribution in [0.1, 0.15) is 24.4 Å². The number of hydrogen-bond donors (Lipinski definition) is 1. The van der Waals surface area contributed by atoms with Crippen molar-refractivity contribution in [1.82, 2.24) is 20.0 Å². The second-order valence-electron chi connectivity index (χ2n) is 6.78. The van der Waals surface area contributed by atoms with Gasteiger partial charge in [0.15, 0.2) is 0 Å². The number of likely N-dealkylation sites (tertiary alicyclic amines) is 1. The smallest absolute Gasteiger partial charge is 0.317 e. The third-order valence-electron chi connectivity index (χ3n) is 4.90. The fourth-order valence-electron chi connectivity index (χ4n) is 3.71. The molecule has 2 saturated heterocycles. The molecule has 3 rings (SSSR count). The van der Waals surface area contributed by atoms with E-state index in [-0.39, 0.29) is 24.0 Å². The molecule has 1 aromatic rings. The van der Waals surface area contributed by atoms with E-state index >= 15 is 0 Å². The number of carbonyl (C=O) groups excluding carboxylic acids is 2. The first-order valence-electron chi connectivity index (χ1n) is 8.62. The number of likely N-dealkylation sites (N-methyl/N-ethyl adjacent to an activating group) is 1. The predicted octanol–water partition coefficient (Wildman–Crippen LogP) is 1.31. The van der Waals surface area contributed by atoms with E-state index in [4.69, 9.17) is 0 Å². The van der Waals surface area contributed by atoms with Gasteiger partial charge in [-0.25, -0.2) is 4.79 Å². The molecule has 6 nitrogen and oxygen atoms in total. The number of benzene rings is 1. The van der Waals surface area contributed by atoms with Gasteiger partial charge < -0.3 is 15.1 Å². The SMILES string of the molecule is CN(C)[C@H](C(=O)N1CCC[C@H](N2CCNC2=O)C1)c1ccccc1. The normalized spacial score (nSPS) is 22.6. The zero-order valence-electron chi connectivity index (χ0n) is 14.4. The summed E-state index contributed by atoms with van der Waals surface area (Å²) in [5.74, 6) is 0.121. The summed E-state index contributed by atoms with van der Waals surface area (Å²) >= 11 is 0. The molecule has 0 bridgehead atoms. The van der Waals surface area contributed by atoms with Gasteiger partial charge in [-0.3, -0.25) is 9.69 Å². The van der Waals surface area contributed by atoms with E-state index in [0.717, 1.165) is 31.5 Å². The second kappa shape index (κ2) is 7.21. The third-order valence-corrected chi connectivity index (χ3v) is 4.90. The summed E-state index contributed by atoms with van der Waals surface area (Å²) in [5.41, 5.74) is 1.01. The molecule has 0 spiro atoms. The molecule has 130 valence electrons. The van der Waals surface area contributed by atoms with E-state index in [1.54, 1.807) is 0 Å². The van der Waals surface area contributed by atoms with Crippen molar-refractivity contribution in [2.24, 2.45) is 0 Å². The fourth-order valence-corrected chi connectivity index (χ4v) is 3.71. The highest BCUT2D eigenvalue weighted by Gasteiger charge is 2.35. The van der Waals surface area contributed by atoms with Gasteiger partial charge in [-0.15, -0.1) is 0 Å². The van der Waals surface area contributed by atoms with Crippen LogP contribution in [0.25, 0.3) is 0 Å². The van der Waals surface area contributed by atoms with Crippen LogP contribution in [0.3, 0.4) is 0 Å². The minimum absolute atomic E-state index is 0.00141. The Labute approximate surface area is 143 Å². The number of carbonyl (C=O) groups is 2. The van der Waals surface area contributed by atoms with Gasteiger partial charge in [-0.2, -0.15) is 0 Å². The largest absolute Gasteiger partial charge is 0.339 e. The highest BCUT2D eigenvalue weighted by atomic mass is 16.2. The molecular formula is C18H26N4O2. The molecule has 2 aliphatic rings. The Balaban J connectivity index is 1.74. The van der Waals surface area contributed by atoms with E-state index < -0.39 is 0 Å². The number of piperidine rings is 1. The van der Waals surface area contributed by atoms with Crippen LogP contribution in [0.15, 0.2) is 30.3 Å². The van der Waals surface area contributed by atoms with Gasteiger partial charge in [-0.1, -0.05) is 30.3 Å². The van der Waals surface area contributed by atoms with E-state index in [9.17, 15) is 9.59 Å². The van der Waals surface area contributed by atoms with E-state index in [1.165, 1.54) is 0 Å². The summed E-state index contributed by atoms with van der Waals surface area (Å²) in [6.07, 6.45) is 1.91. The van der Waals surface area contributed by atoms with Crippen molar-refractivity contribution in [2.75, 3.05) is 40.3 Å². The third kappa shape index (κ3) is 3.38. The molecule has 24 heavy (non-hydrogen) atoms. The van der Waals surface area contributed by atoms with Gasteiger partial charge in [0.05, 0.1) is 6.04 Å². The molecule has 1 N–H and O–H groups in total. The Hall–Kier alpha value is -2.08. The first kappa shape index (κ1) is 16.8. The van der Waals surface area contributed by atoms with Gasteiger partial charge in [-0.05, 0) is 32.5 Å². The maximum absolute atomic E-state index is 13.1. The topological polar surface area (TPSA) is 55.9 Å². The van der Waals surface area contributed by atoms with Crippen LogP contribution in [-0.4, -0.2) is 73.0 Å². The van der Waals surface area contributed by atoms with Crippen LogP contribution in [0.5, 0.6) is 0 Å². The quantitative estimate of drug-likeness (QED) is 0.905. The minimum atomic E-state index is -0.280. The van der Waals surface area contributed by atoms with Gasteiger partial charge in [0.25, 0.3) is 0 Å². The zero-order chi connectivity index (χ0) is 17.1. The predicted molar refractivity (Wildman–Crippen MR) is 92.6 cm³/mol. The summed E-state index contributed by atoms with van der Waals surface area (Å²) in [4.78, 5) is 30.8. The van der Waals surface area contributed by atoms with Crippen LogP contribution < -0.4 is 5.32 Å². The highest BCUT2D eigenvalue weighted by Crippen LogP contribution is 2.24. The molecule has 6 heteroatoms. The van der Waals surface area contributed by atoms with Crippen molar-refractivity contribution in [1.29, 1.82) is 0 Å². The number of nitrogens with zero attached hydrogens (tertiary/aromatic N) is 3. The first-order chi connectivity index (χ1) is 11.6. The molecule has 2 heterocycles. The summed E-state index contributed by atoms with van der Waals surface area (Å²) in [6, 6.07) is 9.74. The Morgan fingerprint density at radius 2 is 2.00 bits per heavy atom. The van der Waals surface area contributed by atoms with E-state index in [1.807, 2.05) is 59.1 Å². The van der Waals surface area contributed by atoms with Gasteiger partial charge >= 0.3 is 6.03 Å². The molecule has 3 amide bonds. The van der Waals surface area contributed by atoms with Crippen LogP contribution >= 0.6 is 0 Å². The molecule has 1 aromatic carbocycles. The fraction of sp³-hybridized carbons (Fsp3) is 0.556. The molecule has 0 saturated carbocycles. The number of urea groups is 1. The Kier molecular flexibility index (Phi) is 5.04. The summed E-state index contributed by atoms with van der Waals surface area (Å²) < 4.78 is 0. The van der Waals surface area contributed by atoms with E-state index in [2.05, 4.69) is 5.32 Å². The summed E-state index contributed by atoms with van der Waals surface area (Å²) in [7, 11) is 3.87. The van der Waals surface area contributed by atoms with Crippen molar-refractivity contribution < 1.29 is 9.59 Å². The number of hydrogen-bond acceptors (Lipinski definition) is 3. The second-order valence-corrected chi connectivity index (χ2v) is 6.78. The van der Waals surface area contributed by atoms with Crippen LogP contribution in [0, 0.1) is 0 Å². The number of rotatable bonds is 4. The monoisotopic (exact) mass is 330 g/mol. The van der Waals surface area contributed by atoms with Crippen molar-refractivity contribution >= 4 is 11.9 Å². The molecule has 0 unspecified atom stereocenters. The lowest BCUT2D eigenvalue weighted by Gasteiger charge is -2.39. The molecule has 0 aliphatic carbocycles. The molecule has 2 atom stereocenters. The maximum Gasteiger partial charge on any atom is 0.317 e. The summed E-state index contributed by atoms with van der Waals surface area (Å²) in [6.45, 7) is 2.83. The highest BCUT2D eigenvalue weighted by molar-refractivity contribution is 5.83. The lowest BCUT2D eigenvalue weighted by molar-refractivity contribution is -0.138. The Morgan fingerprint density at radius 1 is 1.25 bits per heavy atom. The molecule has 0 aromatic heterocycles. The standard InChI is InChI=1S/C18H26N4O2/c1-20(2)16(14-7-4-3-5-8-14)17(23)21-11-6-9-15(13-21)22-12-10-19-18(22)24/h3-5,7-8,15-16H,6,9-13H2,1-2H3,(H,19,24)/t15-,16-/m0/s1. The number of amides is 3. The lowest BCUT2D eigenvalue weighted by Crippen LogP contribution is -2.52. The van der Waals surface area contributed by atoms with Crippen LogP contribution in [0.4, 0.5) is 4.79 Å². The van der Waals surface area contributed by atoms with Gasteiger partial charge in [0.2, 0.25) is 5.91 Å². The van der Waals surface area contributed by atoms with Crippen molar-refractivity contribution in [3.63, 3.8) is 0 Å². The Morgan fingerprint density at radius 3 is 2.62 bits per heavy atom. The zero-order valence-corrected chi connectivity index (χ0v) is 14.4. The summed E-state index contributed by atoms with van der Waals surface area (Å²) in [5, 5.41) is 2.85. The molecule has 2 fully saturated rings. The van der Waals surface area contributed by atoms with Crippen LogP contribution in [0.2, 0.25) is 0 Å². The minimum Gasteiger partial charge on any atom is -0.339 e. The van der Waals surface area contributed by atoms with Gasteiger partial charge in [0.1, 0.15) is 6.04 Å². The van der Waals surface area contributed by atoms with Crippen molar-refractivity contribution in [3.8, 4) is 0 Å².